The second-order valence-electron chi connectivity index (χ2n) is 5.63. The minimum Gasteiger partial charge on any atom is -0.462 e. The van der Waals surface area contributed by atoms with Gasteiger partial charge in [-0.05, 0) is 38.3 Å². The van der Waals surface area contributed by atoms with Gasteiger partial charge in [0.1, 0.15) is 5.00 Å². The molecule has 2 aromatic rings. The largest absolute Gasteiger partial charge is 0.462 e. The number of hydrogen-bond donors (Lipinski definition) is 1. The van der Waals surface area contributed by atoms with E-state index in [9.17, 15) is 19.7 Å². The number of aryl methyl sites for hydroxylation is 2. The molecule has 1 amide bonds. The van der Waals surface area contributed by atoms with Crippen molar-refractivity contribution in [2.24, 2.45) is 0 Å². The SMILES string of the molecule is CCOC(=O)c1c(NC(=O)c2cc([N+](=O)[O-])ccc2C)sc(C)c1CC. The van der Waals surface area contributed by atoms with Crippen LogP contribution in [0.15, 0.2) is 18.2 Å². The number of thiophene rings is 1. The van der Waals surface area contributed by atoms with Crippen LogP contribution in [0, 0.1) is 24.0 Å². The number of esters is 1. The number of nitro benzene ring substituents is 1. The molecule has 138 valence electrons. The first-order chi connectivity index (χ1) is 12.3. The number of hydrogen-bond acceptors (Lipinski definition) is 6. The maximum atomic E-state index is 12.7. The van der Waals surface area contributed by atoms with Crippen molar-refractivity contribution in [3.63, 3.8) is 0 Å². The minimum atomic E-state index is -0.551. The van der Waals surface area contributed by atoms with Gasteiger partial charge in [-0.3, -0.25) is 14.9 Å². The Morgan fingerprint density at radius 2 is 1.96 bits per heavy atom. The number of carbonyl (C=O) groups is 2. The summed E-state index contributed by atoms with van der Waals surface area (Å²) >= 11 is 1.29. The third kappa shape index (κ3) is 3.91. The Hall–Kier alpha value is -2.74. The molecule has 0 atom stereocenters. The molecule has 26 heavy (non-hydrogen) atoms. The van der Waals surface area contributed by atoms with Crippen LogP contribution in [-0.4, -0.2) is 23.4 Å². The summed E-state index contributed by atoms with van der Waals surface area (Å²) in [5.74, 6) is -0.986. The van der Waals surface area contributed by atoms with Crippen molar-refractivity contribution in [2.75, 3.05) is 11.9 Å². The zero-order chi connectivity index (χ0) is 19.4. The monoisotopic (exact) mass is 376 g/mol. The van der Waals surface area contributed by atoms with E-state index in [0.29, 0.717) is 22.5 Å². The van der Waals surface area contributed by atoms with Crippen LogP contribution >= 0.6 is 11.3 Å². The Balaban J connectivity index is 2.42. The first-order valence-electron chi connectivity index (χ1n) is 8.15. The minimum absolute atomic E-state index is 0.164. The molecule has 1 aromatic heterocycles. The number of ether oxygens (including phenoxy) is 1. The van der Waals surface area contributed by atoms with Crippen LogP contribution in [-0.2, 0) is 11.2 Å². The zero-order valence-corrected chi connectivity index (χ0v) is 15.9. The van der Waals surface area contributed by atoms with E-state index >= 15 is 0 Å². The quantitative estimate of drug-likeness (QED) is 0.461. The van der Waals surface area contributed by atoms with Gasteiger partial charge in [-0.25, -0.2) is 4.79 Å². The molecule has 0 aliphatic heterocycles. The number of nitrogens with one attached hydrogen (secondary N) is 1. The number of carbonyl (C=O) groups excluding carboxylic acids is 2. The van der Waals surface area contributed by atoms with Crippen LogP contribution in [0.3, 0.4) is 0 Å². The molecule has 0 fully saturated rings. The van der Waals surface area contributed by atoms with Gasteiger partial charge >= 0.3 is 5.97 Å². The number of non-ortho nitro benzene ring substituents is 1. The summed E-state index contributed by atoms with van der Waals surface area (Å²) < 4.78 is 5.11. The van der Waals surface area contributed by atoms with Gasteiger partial charge in [0.05, 0.1) is 17.1 Å². The van der Waals surface area contributed by atoms with E-state index < -0.39 is 16.8 Å². The van der Waals surface area contributed by atoms with E-state index in [1.807, 2.05) is 13.8 Å². The Bertz CT molecular complexity index is 873. The molecule has 0 bridgehead atoms. The summed E-state index contributed by atoms with van der Waals surface area (Å²) in [5, 5.41) is 14.1. The van der Waals surface area contributed by atoms with Crippen LogP contribution < -0.4 is 5.32 Å². The van der Waals surface area contributed by atoms with E-state index in [4.69, 9.17) is 4.74 Å². The third-order valence-electron chi connectivity index (χ3n) is 3.95. The molecule has 0 unspecified atom stereocenters. The van der Waals surface area contributed by atoms with Crippen LogP contribution in [0.1, 0.15) is 50.6 Å². The lowest BCUT2D eigenvalue weighted by Gasteiger charge is -2.09. The van der Waals surface area contributed by atoms with Crippen LogP contribution in [0.4, 0.5) is 10.7 Å². The number of anilines is 1. The highest BCUT2D eigenvalue weighted by atomic mass is 32.1. The van der Waals surface area contributed by atoms with E-state index in [0.717, 1.165) is 10.4 Å². The maximum Gasteiger partial charge on any atom is 0.341 e. The molecule has 1 N–H and O–H groups in total. The van der Waals surface area contributed by atoms with Gasteiger partial charge in [-0.15, -0.1) is 11.3 Å². The second-order valence-corrected chi connectivity index (χ2v) is 6.85. The summed E-state index contributed by atoms with van der Waals surface area (Å²) in [5.41, 5.74) is 1.82. The predicted octanol–water partition coefficient (Wildman–Crippen LogP) is 4.26. The topological polar surface area (TPSA) is 98.5 Å². The van der Waals surface area contributed by atoms with E-state index in [-0.39, 0.29) is 17.9 Å². The molecule has 1 aromatic carbocycles. The molecule has 0 aliphatic carbocycles. The highest BCUT2D eigenvalue weighted by Gasteiger charge is 2.24. The highest BCUT2D eigenvalue weighted by molar-refractivity contribution is 7.16. The van der Waals surface area contributed by atoms with Crippen molar-refractivity contribution in [2.45, 2.75) is 34.1 Å². The molecule has 0 saturated heterocycles. The average Bonchev–Trinajstić information content (AvgIpc) is 2.90. The molecule has 2 rings (SSSR count). The third-order valence-corrected chi connectivity index (χ3v) is 5.01. The lowest BCUT2D eigenvalue weighted by Crippen LogP contribution is -2.16. The predicted molar refractivity (Wildman–Crippen MR) is 100 cm³/mol. The van der Waals surface area contributed by atoms with E-state index in [1.165, 1.54) is 29.5 Å². The Kier molecular flexibility index (Phi) is 6.10. The number of benzene rings is 1. The Morgan fingerprint density at radius 1 is 1.27 bits per heavy atom. The van der Waals surface area contributed by atoms with Crippen molar-refractivity contribution in [1.29, 1.82) is 0 Å². The van der Waals surface area contributed by atoms with Crippen LogP contribution in [0.2, 0.25) is 0 Å². The van der Waals surface area contributed by atoms with Gasteiger partial charge in [0, 0.05) is 22.6 Å². The fourth-order valence-corrected chi connectivity index (χ4v) is 3.78. The zero-order valence-electron chi connectivity index (χ0n) is 15.0. The summed E-state index contributed by atoms with van der Waals surface area (Å²) in [6, 6.07) is 4.10. The molecule has 0 saturated carbocycles. The molecule has 8 heteroatoms. The van der Waals surface area contributed by atoms with Crippen molar-refractivity contribution >= 4 is 33.9 Å². The standard InChI is InChI=1S/C18H20N2O5S/c1-5-13-11(4)26-17(15(13)18(22)25-6-2)19-16(21)14-9-12(20(23)24)8-7-10(14)3/h7-9H,5-6H2,1-4H3,(H,19,21). The molecule has 7 nitrogen and oxygen atoms in total. The highest BCUT2D eigenvalue weighted by Crippen LogP contribution is 2.34. The molecular weight excluding hydrogens is 356 g/mol. The van der Waals surface area contributed by atoms with Crippen molar-refractivity contribution in [3.05, 3.63) is 55.4 Å². The normalized spacial score (nSPS) is 10.5. The Labute approximate surface area is 155 Å². The molecular formula is C18H20N2O5S. The molecule has 1 heterocycles. The average molecular weight is 376 g/mol. The number of nitro groups is 1. The number of rotatable bonds is 6. The number of nitrogens with zero attached hydrogens (tertiary/aromatic N) is 1. The smallest absolute Gasteiger partial charge is 0.341 e. The van der Waals surface area contributed by atoms with Gasteiger partial charge in [0.2, 0.25) is 0 Å². The van der Waals surface area contributed by atoms with Gasteiger partial charge in [-0.1, -0.05) is 13.0 Å². The first kappa shape index (κ1) is 19.6. The van der Waals surface area contributed by atoms with Crippen molar-refractivity contribution in [1.82, 2.24) is 0 Å². The van der Waals surface area contributed by atoms with Gasteiger partial charge in [0.15, 0.2) is 0 Å². The molecule has 0 spiro atoms. The van der Waals surface area contributed by atoms with Crippen LogP contribution in [0.25, 0.3) is 0 Å². The van der Waals surface area contributed by atoms with Crippen LogP contribution in [0.5, 0.6) is 0 Å². The van der Waals surface area contributed by atoms with E-state index in [1.54, 1.807) is 13.8 Å². The molecule has 0 radical (unpaired) electrons. The number of amides is 1. The Morgan fingerprint density at radius 3 is 2.54 bits per heavy atom. The summed E-state index contributed by atoms with van der Waals surface area (Å²) in [4.78, 5) is 36.3. The maximum absolute atomic E-state index is 12.7. The van der Waals surface area contributed by atoms with Crippen molar-refractivity contribution < 1.29 is 19.2 Å². The van der Waals surface area contributed by atoms with Crippen molar-refractivity contribution in [3.8, 4) is 0 Å². The second kappa shape index (κ2) is 8.09. The van der Waals surface area contributed by atoms with E-state index in [2.05, 4.69) is 5.32 Å². The first-order valence-corrected chi connectivity index (χ1v) is 8.97. The van der Waals surface area contributed by atoms with Gasteiger partial charge in [-0.2, -0.15) is 0 Å². The summed E-state index contributed by atoms with van der Waals surface area (Å²) in [6.45, 7) is 7.44. The fraction of sp³-hybridized carbons (Fsp3) is 0.333. The summed E-state index contributed by atoms with van der Waals surface area (Å²) in [6.07, 6.45) is 0.627. The fourth-order valence-electron chi connectivity index (χ4n) is 2.65. The lowest BCUT2D eigenvalue weighted by atomic mass is 10.1. The lowest BCUT2D eigenvalue weighted by molar-refractivity contribution is -0.384. The molecule has 0 aliphatic rings. The van der Waals surface area contributed by atoms with Gasteiger partial charge in [0.25, 0.3) is 11.6 Å². The summed E-state index contributed by atoms with van der Waals surface area (Å²) in [7, 11) is 0. The van der Waals surface area contributed by atoms with Gasteiger partial charge < -0.3 is 10.1 Å².